The van der Waals surface area contributed by atoms with Crippen LogP contribution in [-0.2, 0) is 10.6 Å². The second-order valence-electron chi connectivity index (χ2n) is 3.39. The Bertz CT molecular complexity index is 342. The number of alkyl halides is 1. The molecule has 0 N–H and O–H groups in total. The third kappa shape index (κ3) is 3.96. The molecule has 0 aromatic heterocycles. The summed E-state index contributed by atoms with van der Waals surface area (Å²) in [6.07, 6.45) is 0. The van der Waals surface area contributed by atoms with Gasteiger partial charge in [-0.1, -0.05) is 15.9 Å². The van der Waals surface area contributed by atoms with Gasteiger partial charge in [-0.2, -0.15) is 0 Å². The predicted molar refractivity (Wildman–Crippen MR) is 70.4 cm³/mol. The number of aryl methyl sites for hydroxylation is 1. The zero-order valence-corrected chi connectivity index (χ0v) is 11.9. The fourth-order valence-corrected chi connectivity index (χ4v) is 2.27. The highest BCUT2D eigenvalue weighted by Gasteiger charge is 2.08. The van der Waals surface area contributed by atoms with Crippen molar-refractivity contribution in [2.45, 2.75) is 19.7 Å². The highest BCUT2D eigenvalue weighted by atomic mass is 79.9. The minimum absolute atomic E-state index is 0.449. The van der Waals surface area contributed by atoms with E-state index in [4.69, 9.17) is 21.1 Å². The molecule has 0 aliphatic carbocycles. The van der Waals surface area contributed by atoms with E-state index >= 15 is 0 Å². The lowest BCUT2D eigenvalue weighted by atomic mass is 10.1. The van der Waals surface area contributed by atoms with Crippen molar-refractivity contribution >= 4 is 27.5 Å². The van der Waals surface area contributed by atoms with E-state index in [9.17, 15) is 0 Å². The van der Waals surface area contributed by atoms with Crippen LogP contribution in [0.4, 0.5) is 0 Å². The van der Waals surface area contributed by atoms with Crippen molar-refractivity contribution in [3.63, 3.8) is 0 Å². The molecule has 0 radical (unpaired) electrons. The Morgan fingerprint density at radius 2 is 2.06 bits per heavy atom. The van der Waals surface area contributed by atoms with Crippen LogP contribution >= 0.6 is 27.5 Å². The summed E-state index contributed by atoms with van der Waals surface area (Å²) >= 11 is 9.33. The molecule has 0 amide bonds. The Kier molecular flexibility index (Phi) is 6.17. The lowest BCUT2D eigenvalue weighted by Crippen LogP contribution is -2.08. The van der Waals surface area contributed by atoms with Gasteiger partial charge >= 0.3 is 0 Å². The quantitative estimate of drug-likeness (QED) is 0.586. The fourth-order valence-electron chi connectivity index (χ4n) is 1.45. The summed E-state index contributed by atoms with van der Waals surface area (Å²) in [6, 6.07) is 4.00. The maximum Gasteiger partial charge on any atom is 0.126 e. The standard InChI is InChI=1S/C12H16BrClO2/c1-3-15-4-5-16-12-9(2)6-11(13)7-10(12)8-14/h6-7H,3-5,8H2,1-2H3. The van der Waals surface area contributed by atoms with Gasteiger partial charge in [0.15, 0.2) is 0 Å². The molecule has 1 aromatic carbocycles. The van der Waals surface area contributed by atoms with E-state index in [1.807, 2.05) is 26.0 Å². The molecule has 0 heterocycles. The maximum atomic E-state index is 5.88. The van der Waals surface area contributed by atoms with Crippen molar-refractivity contribution in [1.29, 1.82) is 0 Å². The summed E-state index contributed by atoms with van der Waals surface area (Å²) in [5.41, 5.74) is 2.09. The van der Waals surface area contributed by atoms with Gasteiger partial charge in [0.2, 0.25) is 0 Å². The van der Waals surface area contributed by atoms with Crippen molar-refractivity contribution in [3.8, 4) is 5.75 Å². The van der Waals surface area contributed by atoms with E-state index in [1.54, 1.807) is 0 Å². The minimum Gasteiger partial charge on any atom is -0.491 e. The van der Waals surface area contributed by atoms with Gasteiger partial charge in [0, 0.05) is 16.6 Å². The SMILES string of the molecule is CCOCCOc1c(C)cc(Br)cc1CCl. The van der Waals surface area contributed by atoms with Crippen LogP contribution in [0.3, 0.4) is 0 Å². The summed E-state index contributed by atoms with van der Waals surface area (Å²) in [4.78, 5) is 0. The van der Waals surface area contributed by atoms with Crippen molar-refractivity contribution in [3.05, 3.63) is 27.7 Å². The summed E-state index contributed by atoms with van der Waals surface area (Å²) in [6.45, 7) is 5.85. The van der Waals surface area contributed by atoms with Crippen LogP contribution in [0.15, 0.2) is 16.6 Å². The number of hydrogen-bond acceptors (Lipinski definition) is 2. The van der Waals surface area contributed by atoms with Gasteiger partial charge in [-0.05, 0) is 31.5 Å². The first-order valence-corrected chi connectivity index (χ1v) is 6.57. The zero-order valence-electron chi connectivity index (χ0n) is 9.56. The molecule has 0 aliphatic heterocycles. The van der Waals surface area contributed by atoms with Gasteiger partial charge in [-0.15, -0.1) is 11.6 Å². The average molecular weight is 308 g/mol. The van der Waals surface area contributed by atoms with Crippen LogP contribution in [0.5, 0.6) is 5.75 Å². The molecule has 0 fully saturated rings. The first-order chi connectivity index (χ1) is 7.69. The van der Waals surface area contributed by atoms with E-state index in [0.29, 0.717) is 25.7 Å². The van der Waals surface area contributed by atoms with Crippen molar-refractivity contribution in [2.75, 3.05) is 19.8 Å². The molecule has 2 nitrogen and oxygen atoms in total. The highest BCUT2D eigenvalue weighted by molar-refractivity contribution is 9.10. The minimum atomic E-state index is 0.449. The Hall–Kier alpha value is -0.250. The third-order valence-electron chi connectivity index (χ3n) is 2.14. The number of hydrogen-bond donors (Lipinski definition) is 0. The summed E-state index contributed by atoms with van der Waals surface area (Å²) in [5.74, 6) is 1.32. The van der Waals surface area contributed by atoms with Crippen molar-refractivity contribution < 1.29 is 9.47 Å². The van der Waals surface area contributed by atoms with Gasteiger partial charge in [0.25, 0.3) is 0 Å². The van der Waals surface area contributed by atoms with Crippen LogP contribution < -0.4 is 4.74 Å². The predicted octanol–water partition coefficient (Wildman–Crippen LogP) is 3.91. The highest BCUT2D eigenvalue weighted by Crippen LogP contribution is 2.29. The van der Waals surface area contributed by atoms with E-state index in [0.717, 1.165) is 21.3 Å². The number of rotatable bonds is 6. The van der Waals surface area contributed by atoms with Crippen LogP contribution in [0.1, 0.15) is 18.1 Å². The van der Waals surface area contributed by atoms with Gasteiger partial charge in [0.05, 0.1) is 12.5 Å². The second kappa shape index (κ2) is 7.15. The Balaban J connectivity index is 2.70. The van der Waals surface area contributed by atoms with E-state index in [-0.39, 0.29) is 0 Å². The Labute approximate surface area is 110 Å². The number of benzene rings is 1. The van der Waals surface area contributed by atoms with E-state index in [2.05, 4.69) is 15.9 Å². The lowest BCUT2D eigenvalue weighted by molar-refractivity contribution is 0.109. The number of halogens is 2. The summed E-state index contributed by atoms with van der Waals surface area (Å²) < 4.78 is 11.9. The molecule has 0 spiro atoms. The lowest BCUT2D eigenvalue weighted by Gasteiger charge is -2.13. The normalized spacial score (nSPS) is 10.5. The second-order valence-corrected chi connectivity index (χ2v) is 4.57. The maximum absolute atomic E-state index is 5.88. The van der Waals surface area contributed by atoms with Crippen LogP contribution in [0, 0.1) is 6.92 Å². The molecule has 1 aromatic rings. The van der Waals surface area contributed by atoms with E-state index < -0.39 is 0 Å². The first-order valence-electron chi connectivity index (χ1n) is 5.24. The summed E-state index contributed by atoms with van der Waals surface area (Å²) in [7, 11) is 0. The molecule has 1 rings (SSSR count). The molecular formula is C12H16BrClO2. The average Bonchev–Trinajstić information content (AvgIpc) is 2.26. The Morgan fingerprint density at radius 3 is 2.69 bits per heavy atom. The van der Waals surface area contributed by atoms with Crippen LogP contribution in [-0.4, -0.2) is 19.8 Å². The smallest absolute Gasteiger partial charge is 0.126 e. The van der Waals surface area contributed by atoms with E-state index in [1.165, 1.54) is 0 Å². The monoisotopic (exact) mass is 306 g/mol. The molecule has 0 unspecified atom stereocenters. The molecule has 0 saturated carbocycles. The van der Waals surface area contributed by atoms with Crippen molar-refractivity contribution in [2.24, 2.45) is 0 Å². The van der Waals surface area contributed by atoms with Gasteiger partial charge < -0.3 is 9.47 Å². The first kappa shape index (κ1) is 13.8. The Morgan fingerprint density at radius 1 is 1.31 bits per heavy atom. The number of ether oxygens (including phenoxy) is 2. The van der Waals surface area contributed by atoms with Gasteiger partial charge in [-0.3, -0.25) is 0 Å². The molecule has 0 aliphatic rings. The van der Waals surface area contributed by atoms with Crippen LogP contribution in [0.25, 0.3) is 0 Å². The third-order valence-corrected chi connectivity index (χ3v) is 2.88. The van der Waals surface area contributed by atoms with Gasteiger partial charge in [-0.25, -0.2) is 0 Å². The molecule has 4 heteroatoms. The molecule has 0 saturated heterocycles. The largest absolute Gasteiger partial charge is 0.491 e. The molecule has 0 atom stereocenters. The molecule has 16 heavy (non-hydrogen) atoms. The summed E-state index contributed by atoms with van der Waals surface area (Å²) in [5, 5.41) is 0. The molecule has 0 bridgehead atoms. The topological polar surface area (TPSA) is 18.5 Å². The van der Waals surface area contributed by atoms with Crippen LogP contribution in [0.2, 0.25) is 0 Å². The van der Waals surface area contributed by atoms with Crippen molar-refractivity contribution in [1.82, 2.24) is 0 Å². The zero-order chi connectivity index (χ0) is 12.0. The molecular weight excluding hydrogens is 291 g/mol. The molecule has 90 valence electrons. The van der Waals surface area contributed by atoms with Gasteiger partial charge in [0.1, 0.15) is 12.4 Å². The fraction of sp³-hybridized carbons (Fsp3) is 0.500.